The van der Waals surface area contributed by atoms with Crippen LogP contribution in [0.1, 0.15) is 0 Å². The van der Waals surface area contributed by atoms with Gasteiger partial charge in [0.2, 0.25) is 5.76 Å². The second kappa shape index (κ2) is 5.30. The molecule has 0 unspecified atom stereocenters. The first-order valence-electron chi connectivity index (χ1n) is 5.94. The highest BCUT2D eigenvalue weighted by Gasteiger charge is 2.15. The molecule has 1 aliphatic rings. The number of fused-ring (bicyclic) bond motifs is 1. The Kier molecular flexibility index (Phi) is 3.50. The first-order valence-corrected chi connectivity index (χ1v) is 7.14. The van der Waals surface area contributed by atoms with E-state index in [1.807, 2.05) is 25.2 Å². The van der Waals surface area contributed by atoms with E-state index in [9.17, 15) is 4.79 Å². The number of carbonyl (C=O) groups is 1. The van der Waals surface area contributed by atoms with Gasteiger partial charge in [0, 0.05) is 7.05 Å². The summed E-state index contributed by atoms with van der Waals surface area (Å²) in [5, 5.41) is 0.631. The number of ether oxygens (including phenoxy) is 2. The first kappa shape index (κ1) is 13.2. The van der Waals surface area contributed by atoms with Gasteiger partial charge >= 0.3 is 5.91 Å². The van der Waals surface area contributed by atoms with Gasteiger partial charge in [0.25, 0.3) is 0 Å². The maximum atomic E-state index is 12.0. The van der Waals surface area contributed by atoms with Crippen LogP contribution in [0.2, 0.25) is 5.02 Å². The van der Waals surface area contributed by atoms with E-state index in [-0.39, 0.29) is 5.76 Å². The predicted molar refractivity (Wildman–Crippen MR) is 76.4 cm³/mol. The van der Waals surface area contributed by atoms with Crippen molar-refractivity contribution in [1.29, 1.82) is 0 Å². The fourth-order valence-electron chi connectivity index (χ4n) is 1.89. The van der Waals surface area contributed by atoms with Gasteiger partial charge in [0.1, 0.15) is 19.5 Å². The Bertz CT molecular complexity index is 776. The molecule has 1 aromatic heterocycles. The molecule has 2 heterocycles. The Labute approximate surface area is 123 Å². The number of carbonyl (C=O) groups excluding carboxylic acids is 1. The van der Waals surface area contributed by atoms with Crippen molar-refractivity contribution < 1.29 is 14.3 Å². The number of hydrogen-bond acceptors (Lipinski definition) is 4. The second-order valence-corrected chi connectivity index (χ2v) is 5.56. The lowest BCUT2D eigenvalue weighted by Gasteiger charge is -2.12. The number of rotatable bonds is 1. The standard InChI is InChI=1S/C13H11ClN2O3S/c1-16-11-8(14)3-2-4-10(11)20-13(16)15-12(17)9-7-18-5-6-19-9/h2-4,7H,5-6H2,1H3. The topological polar surface area (TPSA) is 52.8 Å². The summed E-state index contributed by atoms with van der Waals surface area (Å²) in [7, 11) is 1.82. The maximum absolute atomic E-state index is 12.0. The van der Waals surface area contributed by atoms with Crippen LogP contribution in [0.25, 0.3) is 10.2 Å². The zero-order valence-electron chi connectivity index (χ0n) is 10.6. The van der Waals surface area contributed by atoms with Crippen molar-refractivity contribution in [2.45, 2.75) is 0 Å². The van der Waals surface area contributed by atoms with E-state index in [1.165, 1.54) is 17.6 Å². The van der Waals surface area contributed by atoms with Gasteiger partial charge in [-0.1, -0.05) is 29.0 Å². The first-order chi connectivity index (χ1) is 9.66. The summed E-state index contributed by atoms with van der Waals surface area (Å²) in [4.78, 5) is 16.6. The quantitative estimate of drug-likeness (QED) is 0.811. The van der Waals surface area contributed by atoms with Gasteiger partial charge in [-0.05, 0) is 12.1 Å². The number of aromatic nitrogens is 1. The molecular formula is C13H11ClN2O3S. The summed E-state index contributed by atoms with van der Waals surface area (Å²) in [6, 6.07) is 5.62. The summed E-state index contributed by atoms with van der Waals surface area (Å²) in [6.45, 7) is 0.806. The van der Waals surface area contributed by atoms with Crippen LogP contribution >= 0.6 is 22.9 Å². The fourth-order valence-corrected chi connectivity index (χ4v) is 3.29. The third-order valence-corrected chi connectivity index (χ3v) is 4.23. The third-order valence-electron chi connectivity index (χ3n) is 2.83. The fraction of sp³-hybridized carbons (Fsp3) is 0.231. The Morgan fingerprint density at radius 2 is 2.30 bits per heavy atom. The SMILES string of the molecule is Cn1c(=NC(=O)C2=COCCO2)sc2cccc(Cl)c21. The van der Waals surface area contributed by atoms with Crippen LogP contribution in [-0.2, 0) is 21.3 Å². The van der Waals surface area contributed by atoms with E-state index in [0.717, 1.165) is 10.2 Å². The van der Waals surface area contributed by atoms with Gasteiger partial charge in [-0.3, -0.25) is 4.79 Å². The lowest BCUT2D eigenvalue weighted by atomic mass is 10.3. The molecule has 104 valence electrons. The Balaban J connectivity index is 2.08. The van der Waals surface area contributed by atoms with Crippen molar-refractivity contribution in [3.63, 3.8) is 0 Å². The van der Waals surface area contributed by atoms with E-state index >= 15 is 0 Å². The summed E-state index contributed by atoms with van der Waals surface area (Å²) in [6.07, 6.45) is 1.30. The zero-order chi connectivity index (χ0) is 14.1. The summed E-state index contributed by atoms with van der Waals surface area (Å²) in [5.74, 6) is -0.331. The molecule has 0 fully saturated rings. The van der Waals surface area contributed by atoms with Crippen LogP contribution in [0.4, 0.5) is 0 Å². The van der Waals surface area contributed by atoms with Gasteiger partial charge in [-0.2, -0.15) is 4.99 Å². The molecule has 1 aromatic carbocycles. The van der Waals surface area contributed by atoms with E-state index < -0.39 is 5.91 Å². The minimum absolute atomic E-state index is 0.125. The van der Waals surface area contributed by atoms with Crippen LogP contribution < -0.4 is 4.80 Å². The number of benzene rings is 1. The molecule has 0 saturated heterocycles. The van der Waals surface area contributed by atoms with Gasteiger partial charge < -0.3 is 14.0 Å². The Hall–Kier alpha value is -1.79. The molecule has 0 aliphatic carbocycles. The van der Waals surface area contributed by atoms with E-state index in [0.29, 0.717) is 23.0 Å². The number of thiazole rings is 1. The number of para-hydroxylation sites is 1. The molecule has 0 atom stereocenters. The molecule has 0 N–H and O–H groups in total. The van der Waals surface area contributed by atoms with Crippen LogP contribution in [-0.4, -0.2) is 23.7 Å². The number of hydrogen-bond donors (Lipinski definition) is 0. The van der Waals surface area contributed by atoms with Gasteiger partial charge in [0.15, 0.2) is 4.80 Å². The highest BCUT2D eigenvalue weighted by atomic mass is 35.5. The highest BCUT2D eigenvalue weighted by molar-refractivity contribution is 7.16. The Morgan fingerprint density at radius 3 is 3.00 bits per heavy atom. The monoisotopic (exact) mass is 310 g/mol. The van der Waals surface area contributed by atoms with Gasteiger partial charge in [-0.25, -0.2) is 0 Å². The number of aryl methyl sites for hydroxylation is 1. The lowest BCUT2D eigenvalue weighted by molar-refractivity contribution is -0.119. The summed E-state index contributed by atoms with van der Waals surface area (Å²) >= 11 is 7.56. The van der Waals surface area contributed by atoms with Crippen molar-refractivity contribution in [3.05, 3.63) is 40.0 Å². The normalized spacial score (nSPS) is 15.7. The molecule has 2 aromatic rings. The summed E-state index contributed by atoms with van der Waals surface area (Å²) in [5.41, 5.74) is 0.862. The smallest absolute Gasteiger partial charge is 0.317 e. The second-order valence-electron chi connectivity index (χ2n) is 4.15. The molecule has 5 nitrogen and oxygen atoms in total. The van der Waals surface area contributed by atoms with Crippen molar-refractivity contribution >= 4 is 39.1 Å². The summed E-state index contributed by atoms with van der Waals surface area (Å²) < 4.78 is 13.0. The zero-order valence-corrected chi connectivity index (χ0v) is 12.2. The van der Waals surface area contributed by atoms with Gasteiger partial charge in [0.05, 0.1) is 15.2 Å². The third kappa shape index (κ3) is 2.32. The van der Waals surface area contributed by atoms with Crippen molar-refractivity contribution in [2.75, 3.05) is 13.2 Å². The molecule has 0 bridgehead atoms. The average molecular weight is 311 g/mol. The molecule has 7 heteroatoms. The number of amides is 1. The van der Waals surface area contributed by atoms with Crippen LogP contribution in [0.3, 0.4) is 0 Å². The molecular weight excluding hydrogens is 300 g/mol. The predicted octanol–water partition coefficient (Wildman–Crippen LogP) is 2.21. The van der Waals surface area contributed by atoms with E-state index in [1.54, 1.807) is 4.57 Å². The molecule has 1 amide bonds. The van der Waals surface area contributed by atoms with E-state index in [2.05, 4.69) is 4.99 Å². The van der Waals surface area contributed by atoms with Crippen LogP contribution in [0.15, 0.2) is 35.2 Å². The highest BCUT2D eigenvalue weighted by Crippen LogP contribution is 2.24. The molecule has 3 rings (SSSR count). The molecule has 20 heavy (non-hydrogen) atoms. The van der Waals surface area contributed by atoms with Crippen molar-refractivity contribution in [3.8, 4) is 0 Å². The average Bonchev–Trinajstić information content (AvgIpc) is 2.78. The molecule has 1 aliphatic heterocycles. The molecule has 0 saturated carbocycles. The Morgan fingerprint density at radius 1 is 1.45 bits per heavy atom. The maximum Gasteiger partial charge on any atom is 0.317 e. The number of halogens is 1. The largest absolute Gasteiger partial charge is 0.494 e. The van der Waals surface area contributed by atoms with Crippen molar-refractivity contribution in [1.82, 2.24) is 4.57 Å². The van der Waals surface area contributed by atoms with Crippen LogP contribution in [0, 0.1) is 0 Å². The van der Waals surface area contributed by atoms with Crippen LogP contribution in [0.5, 0.6) is 0 Å². The minimum atomic E-state index is -0.456. The van der Waals surface area contributed by atoms with Gasteiger partial charge in [-0.15, -0.1) is 0 Å². The minimum Gasteiger partial charge on any atom is -0.494 e. The molecule has 0 radical (unpaired) electrons. The number of nitrogens with zero attached hydrogens (tertiary/aromatic N) is 2. The van der Waals surface area contributed by atoms with E-state index in [4.69, 9.17) is 21.1 Å². The lowest BCUT2D eigenvalue weighted by Crippen LogP contribution is -2.18. The van der Waals surface area contributed by atoms with Crippen molar-refractivity contribution in [2.24, 2.45) is 12.0 Å². The molecule has 0 spiro atoms.